The number of alkyl carbamates (subject to hydrolysis) is 1. The largest absolute Gasteiger partial charge is 0.481 e. The lowest BCUT2D eigenvalue weighted by Crippen LogP contribution is -2.57. The summed E-state index contributed by atoms with van der Waals surface area (Å²) in [5.74, 6) is -1.61. The van der Waals surface area contributed by atoms with Crippen molar-refractivity contribution in [3.63, 3.8) is 0 Å². The minimum Gasteiger partial charge on any atom is -0.481 e. The van der Waals surface area contributed by atoms with Crippen molar-refractivity contribution >= 4 is 18.0 Å². The Balaban J connectivity index is 1.44. The van der Waals surface area contributed by atoms with E-state index in [1.165, 1.54) is 0 Å². The van der Waals surface area contributed by atoms with Crippen LogP contribution >= 0.6 is 0 Å². The van der Waals surface area contributed by atoms with E-state index in [0.717, 1.165) is 27.8 Å². The molecule has 2 amide bonds. The second kappa shape index (κ2) is 12.1. The fourth-order valence-corrected chi connectivity index (χ4v) is 5.09. The summed E-state index contributed by atoms with van der Waals surface area (Å²) in [5, 5.41) is 14.7. The van der Waals surface area contributed by atoms with Crippen LogP contribution in [-0.2, 0) is 20.9 Å². The van der Waals surface area contributed by atoms with Crippen molar-refractivity contribution in [1.29, 1.82) is 0 Å². The summed E-state index contributed by atoms with van der Waals surface area (Å²) >= 11 is 0. The van der Waals surface area contributed by atoms with Crippen molar-refractivity contribution in [3.05, 3.63) is 95.6 Å². The topological polar surface area (TPSA) is 108 Å². The number of carbonyl (C=O) groups is 3. The number of nitrogens with zero attached hydrogens (tertiary/aromatic N) is 1. The predicted molar refractivity (Wildman–Crippen MR) is 149 cm³/mol. The molecular weight excluding hydrogens is 494 g/mol. The Kier molecular flexibility index (Phi) is 8.66. The maximum Gasteiger partial charge on any atom is 0.407 e. The summed E-state index contributed by atoms with van der Waals surface area (Å²) in [6.07, 6.45) is -0.961. The molecule has 39 heavy (non-hydrogen) atoms. The molecule has 0 heterocycles. The Bertz CT molecular complexity index is 1280. The molecule has 0 radical (unpaired) electrons. The zero-order chi connectivity index (χ0) is 28.0. The van der Waals surface area contributed by atoms with E-state index in [0.29, 0.717) is 6.54 Å². The van der Waals surface area contributed by atoms with Crippen LogP contribution in [0, 0.1) is 0 Å². The van der Waals surface area contributed by atoms with Gasteiger partial charge in [0, 0.05) is 24.5 Å². The van der Waals surface area contributed by atoms with Gasteiger partial charge in [-0.1, -0.05) is 78.9 Å². The van der Waals surface area contributed by atoms with E-state index in [4.69, 9.17) is 4.74 Å². The number of carbonyl (C=O) groups excluding carboxylic acids is 2. The maximum atomic E-state index is 13.3. The molecule has 0 aliphatic heterocycles. The Hall–Kier alpha value is -4.17. The number of amides is 2. The minimum atomic E-state index is -1.03. The van der Waals surface area contributed by atoms with Gasteiger partial charge in [-0.25, -0.2) is 4.79 Å². The lowest BCUT2D eigenvalue weighted by atomic mass is 9.98. The number of carboxylic acids is 1. The fourth-order valence-electron chi connectivity index (χ4n) is 5.09. The van der Waals surface area contributed by atoms with Crippen molar-refractivity contribution in [2.24, 2.45) is 0 Å². The smallest absolute Gasteiger partial charge is 0.407 e. The molecule has 0 saturated carbocycles. The number of hydrogen-bond donors (Lipinski definition) is 3. The summed E-state index contributed by atoms with van der Waals surface area (Å²) < 4.78 is 5.67. The normalized spacial score (nSPS) is 13.3. The van der Waals surface area contributed by atoms with Crippen LogP contribution in [0.5, 0.6) is 0 Å². The molecule has 0 spiro atoms. The van der Waals surface area contributed by atoms with Crippen molar-refractivity contribution in [1.82, 2.24) is 15.5 Å². The molecule has 0 saturated heterocycles. The van der Waals surface area contributed by atoms with Crippen LogP contribution in [0.25, 0.3) is 11.1 Å². The summed E-state index contributed by atoms with van der Waals surface area (Å²) in [4.78, 5) is 39.4. The first-order valence-corrected chi connectivity index (χ1v) is 13.0. The maximum absolute atomic E-state index is 13.3. The second-order valence-electron chi connectivity index (χ2n) is 10.6. The van der Waals surface area contributed by atoms with Gasteiger partial charge in [-0.2, -0.15) is 0 Å². The molecule has 3 aromatic rings. The van der Waals surface area contributed by atoms with Gasteiger partial charge in [0.2, 0.25) is 5.91 Å². The Labute approximate surface area is 229 Å². The number of aliphatic carboxylic acids is 1. The molecular formula is C31H35N3O5. The van der Waals surface area contributed by atoms with E-state index in [2.05, 4.69) is 22.8 Å². The molecule has 3 N–H and O–H groups in total. The van der Waals surface area contributed by atoms with Crippen LogP contribution in [0.4, 0.5) is 4.79 Å². The number of ether oxygens (including phenoxy) is 1. The highest BCUT2D eigenvalue weighted by Gasteiger charge is 2.32. The molecule has 1 aliphatic carbocycles. The monoisotopic (exact) mass is 529 g/mol. The van der Waals surface area contributed by atoms with Crippen LogP contribution in [0.2, 0.25) is 0 Å². The van der Waals surface area contributed by atoms with E-state index in [9.17, 15) is 19.5 Å². The highest BCUT2D eigenvalue weighted by atomic mass is 16.5. The van der Waals surface area contributed by atoms with Crippen molar-refractivity contribution < 1.29 is 24.2 Å². The van der Waals surface area contributed by atoms with Gasteiger partial charge in [0.1, 0.15) is 12.6 Å². The van der Waals surface area contributed by atoms with Gasteiger partial charge in [-0.05, 0) is 48.7 Å². The summed E-state index contributed by atoms with van der Waals surface area (Å²) in [6, 6.07) is 25.0. The molecule has 1 aliphatic rings. The molecule has 8 heteroatoms. The standard InChI is InChI=1S/C31H35N3O5/c1-31(2,17-28(35)36)33-29(37)27(19-34(3)18-21-11-5-4-6-12-21)32-30(38)39-20-26-24-15-9-7-13-22(24)23-14-8-10-16-25(23)26/h4-16,26-27H,17-20H2,1-3H3,(H,32,38)(H,33,37)(H,35,36). The van der Waals surface area contributed by atoms with Crippen LogP contribution in [0.1, 0.15) is 42.9 Å². The lowest BCUT2D eigenvalue weighted by Gasteiger charge is -2.29. The number of fused-ring (bicyclic) bond motifs is 3. The van der Waals surface area contributed by atoms with Gasteiger partial charge >= 0.3 is 12.1 Å². The third kappa shape index (κ3) is 7.23. The van der Waals surface area contributed by atoms with Gasteiger partial charge in [0.25, 0.3) is 0 Å². The molecule has 3 aromatic carbocycles. The molecule has 1 atom stereocenters. The van der Waals surface area contributed by atoms with Crippen LogP contribution in [0.3, 0.4) is 0 Å². The van der Waals surface area contributed by atoms with E-state index in [-0.39, 0.29) is 25.5 Å². The first kappa shape index (κ1) is 27.9. The highest BCUT2D eigenvalue weighted by molar-refractivity contribution is 5.87. The van der Waals surface area contributed by atoms with Crippen LogP contribution in [-0.4, -0.2) is 59.8 Å². The zero-order valence-electron chi connectivity index (χ0n) is 22.5. The average Bonchev–Trinajstić information content (AvgIpc) is 3.20. The lowest BCUT2D eigenvalue weighted by molar-refractivity contribution is -0.138. The molecule has 0 aromatic heterocycles. The quantitative estimate of drug-likeness (QED) is 0.340. The average molecular weight is 530 g/mol. The van der Waals surface area contributed by atoms with E-state index in [1.807, 2.05) is 78.7 Å². The highest BCUT2D eigenvalue weighted by Crippen LogP contribution is 2.44. The fraction of sp³-hybridized carbons (Fsp3) is 0.323. The van der Waals surface area contributed by atoms with Gasteiger partial charge in [0.05, 0.1) is 6.42 Å². The first-order valence-electron chi connectivity index (χ1n) is 13.0. The number of hydrogen-bond acceptors (Lipinski definition) is 5. The van der Waals surface area contributed by atoms with Crippen LogP contribution in [0.15, 0.2) is 78.9 Å². The number of carboxylic acid groups (broad SMARTS) is 1. The SMILES string of the molecule is CN(Cc1ccccc1)CC(NC(=O)OCC1c2ccccc2-c2ccccc21)C(=O)NC(C)(C)CC(=O)O. The number of rotatable bonds is 11. The predicted octanol–water partition coefficient (Wildman–Crippen LogP) is 4.40. The van der Waals surface area contributed by atoms with Gasteiger partial charge < -0.3 is 20.5 Å². The second-order valence-corrected chi connectivity index (χ2v) is 10.6. The number of benzene rings is 3. The Morgan fingerprint density at radius 1 is 0.923 bits per heavy atom. The Morgan fingerprint density at radius 2 is 1.49 bits per heavy atom. The van der Waals surface area contributed by atoms with Crippen molar-refractivity contribution in [2.75, 3.05) is 20.2 Å². The molecule has 4 rings (SSSR count). The first-order chi connectivity index (χ1) is 18.6. The third-order valence-corrected chi connectivity index (χ3v) is 6.80. The summed E-state index contributed by atoms with van der Waals surface area (Å²) in [6.45, 7) is 4.16. The molecule has 1 unspecified atom stereocenters. The zero-order valence-corrected chi connectivity index (χ0v) is 22.5. The van der Waals surface area contributed by atoms with E-state index < -0.39 is 29.6 Å². The van der Waals surface area contributed by atoms with Crippen molar-refractivity contribution in [2.45, 2.75) is 44.3 Å². The van der Waals surface area contributed by atoms with Crippen molar-refractivity contribution in [3.8, 4) is 11.1 Å². The van der Waals surface area contributed by atoms with E-state index in [1.54, 1.807) is 13.8 Å². The Morgan fingerprint density at radius 3 is 2.08 bits per heavy atom. The number of nitrogens with one attached hydrogen (secondary N) is 2. The third-order valence-electron chi connectivity index (χ3n) is 6.80. The number of likely N-dealkylation sites (N-methyl/N-ethyl adjacent to an activating group) is 1. The van der Waals surface area contributed by atoms with Crippen LogP contribution < -0.4 is 10.6 Å². The minimum absolute atomic E-state index is 0.106. The summed E-state index contributed by atoms with van der Waals surface area (Å²) in [5.41, 5.74) is 4.51. The molecule has 8 nitrogen and oxygen atoms in total. The molecule has 204 valence electrons. The summed E-state index contributed by atoms with van der Waals surface area (Å²) in [7, 11) is 1.86. The van der Waals surface area contributed by atoms with Gasteiger partial charge in [0.15, 0.2) is 0 Å². The molecule has 0 bridgehead atoms. The van der Waals surface area contributed by atoms with Gasteiger partial charge in [-0.15, -0.1) is 0 Å². The molecule has 0 fully saturated rings. The van der Waals surface area contributed by atoms with E-state index >= 15 is 0 Å². The van der Waals surface area contributed by atoms with Gasteiger partial charge in [-0.3, -0.25) is 14.5 Å².